The molecule has 0 aliphatic rings. The highest BCUT2D eigenvalue weighted by atomic mass is 16.5. The lowest BCUT2D eigenvalue weighted by Gasteiger charge is -2.14. The van der Waals surface area contributed by atoms with Gasteiger partial charge in [0.15, 0.2) is 0 Å². The van der Waals surface area contributed by atoms with Crippen LogP contribution in [0.1, 0.15) is 22.3 Å². The van der Waals surface area contributed by atoms with E-state index in [0.717, 1.165) is 10.1 Å². The fourth-order valence-corrected chi connectivity index (χ4v) is 2.82. The molecule has 3 aromatic rings. The molecular weight excluding hydrogens is 356 g/mol. The van der Waals surface area contributed by atoms with E-state index in [1.165, 1.54) is 6.21 Å². The fraction of sp³-hybridized carbons (Fsp3) is 0.143. The number of methoxy groups -OCH3 is 1. The zero-order valence-electron chi connectivity index (χ0n) is 15.5. The molecule has 0 fully saturated rings. The van der Waals surface area contributed by atoms with Gasteiger partial charge >= 0.3 is 0 Å². The zero-order chi connectivity index (χ0) is 20.1. The van der Waals surface area contributed by atoms with E-state index < -0.39 is 5.56 Å². The number of nitriles is 1. The molecule has 7 nitrogen and oxygen atoms in total. The second kappa shape index (κ2) is 8.18. The van der Waals surface area contributed by atoms with Crippen LogP contribution in [0.5, 0.6) is 11.6 Å². The number of aliphatic imine (C=N–C) groups is 1. The molecule has 140 valence electrons. The Balaban J connectivity index is 2.13. The van der Waals surface area contributed by atoms with Crippen LogP contribution in [0.25, 0.3) is 0 Å². The summed E-state index contributed by atoms with van der Waals surface area (Å²) in [6.07, 6.45) is 4.65. The molecule has 3 rings (SSSR count). The van der Waals surface area contributed by atoms with E-state index in [1.807, 2.05) is 18.2 Å². The third kappa shape index (κ3) is 3.62. The summed E-state index contributed by atoms with van der Waals surface area (Å²) >= 11 is 0. The predicted molar refractivity (Wildman–Crippen MR) is 105 cm³/mol. The summed E-state index contributed by atoms with van der Waals surface area (Å²) in [4.78, 5) is 21.1. The van der Waals surface area contributed by atoms with Crippen LogP contribution in [0.15, 0.2) is 58.6 Å². The summed E-state index contributed by atoms with van der Waals surface area (Å²) in [5.41, 5.74) is 1.35. The Labute approximate surface area is 161 Å². The highest BCUT2D eigenvalue weighted by Crippen LogP contribution is 2.27. The van der Waals surface area contributed by atoms with Crippen molar-refractivity contribution in [2.75, 3.05) is 7.11 Å². The molecule has 0 aliphatic heterocycles. The quantitative estimate of drug-likeness (QED) is 0.692. The first-order valence-corrected chi connectivity index (χ1v) is 8.49. The molecule has 0 spiro atoms. The molecule has 7 heteroatoms. The number of ether oxygens (including phenoxy) is 1. The van der Waals surface area contributed by atoms with Gasteiger partial charge in [-0.1, -0.05) is 18.2 Å². The highest BCUT2D eigenvalue weighted by molar-refractivity contribution is 5.87. The third-order valence-electron chi connectivity index (χ3n) is 4.33. The van der Waals surface area contributed by atoms with E-state index in [4.69, 9.17) is 4.74 Å². The van der Waals surface area contributed by atoms with Crippen molar-refractivity contribution in [3.63, 3.8) is 0 Å². The highest BCUT2D eigenvalue weighted by Gasteiger charge is 2.18. The second-order valence-electron chi connectivity index (χ2n) is 6.03. The van der Waals surface area contributed by atoms with Crippen LogP contribution in [-0.4, -0.2) is 28.0 Å². The molecule has 2 heterocycles. The average molecular weight is 374 g/mol. The number of aromatic nitrogens is 2. The second-order valence-corrected chi connectivity index (χ2v) is 6.03. The Morgan fingerprint density at radius 1 is 1.32 bits per heavy atom. The molecule has 2 aromatic heterocycles. The number of hydrogen-bond donors (Lipinski definition) is 1. The number of rotatable bonds is 5. The Bertz CT molecular complexity index is 1130. The number of nitrogens with zero attached hydrogens (tertiary/aromatic N) is 4. The van der Waals surface area contributed by atoms with Crippen LogP contribution in [-0.2, 0) is 6.54 Å². The van der Waals surface area contributed by atoms with Crippen molar-refractivity contribution >= 4 is 11.9 Å². The Hall–Kier alpha value is -3.92. The Kier molecular flexibility index (Phi) is 5.51. The number of para-hydroxylation sites is 2. The van der Waals surface area contributed by atoms with Crippen molar-refractivity contribution in [2.24, 2.45) is 4.99 Å². The summed E-state index contributed by atoms with van der Waals surface area (Å²) in [5, 5.41) is 20.2. The minimum Gasteiger partial charge on any atom is -0.494 e. The number of benzene rings is 1. The molecule has 0 amide bonds. The molecule has 0 aliphatic carbocycles. The Morgan fingerprint density at radius 3 is 2.79 bits per heavy atom. The van der Waals surface area contributed by atoms with E-state index in [2.05, 4.69) is 9.98 Å². The molecular formula is C21H18N4O3. The smallest absolute Gasteiger partial charge is 0.271 e. The largest absolute Gasteiger partial charge is 0.494 e. The van der Waals surface area contributed by atoms with Crippen molar-refractivity contribution in [2.45, 2.75) is 13.5 Å². The van der Waals surface area contributed by atoms with Crippen molar-refractivity contribution in [3.8, 4) is 17.7 Å². The van der Waals surface area contributed by atoms with E-state index in [-0.39, 0.29) is 18.0 Å². The van der Waals surface area contributed by atoms with E-state index in [0.29, 0.717) is 22.6 Å². The molecule has 28 heavy (non-hydrogen) atoms. The maximum atomic E-state index is 12.7. The van der Waals surface area contributed by atoms with Gasteiger partial charge in [0.25, 0.3) is 5.56 Å². The van der Waals surface area contributed by atoms with Gasteiger partial charge in [0, 0.05) is 18.6 Å². The van der Waals surface area contributed by atoms with Gasteiger partial charge in [-0.25, -0.2) is 0 Å². The topological polar surface area (TPSA) is 100 Å². The Morgan fingerprint density at radius 2 is 2.11 bits per heavy atom. The first-order valence-electron chi connectivity index (χ1n) is 8.49. The minimum absolute atomic E-state index is 0.0387. The van der Waals surface area contributed by atoms with Crippen LogP contribution in [0.2, 0.25) is 0 Å². The molecule has 0 saturated carbocycles. The molecule has 1 aromatic carbocycles. The summed E-state index contributed by atoms with van der Waals surface area (Å²) in [6, 6.07) is 12.6. The normalized spacial score (nSPS) is 10.8. The minimum atomic E-state index is -0.559. The van der Waals surface area contributed by atoms with Gasteiger partial charge in [0.2, 0.25) is 5.88 Å². The summed E-state index contributed by atoms with van der Waals surface area (Å²) in [6.45, 7) is 1.70. The maximum Gasteiger partial charge on any atom is 0.271 e. The number of aromatic hydroxyl groups is 1. The molecule has 0 saturated heterocycles. The SMILES string of the molecule is COc1ccccc1N=Cc1c(C)c(C#N)c(=O)n(Cc2cccnc2)c1O. The maximum absolute atomic E-state index is 12.7. The summed E-state index contributed by atoms with van der Waals surface area (Å²) in [5.74, 6) is 0.309. The fourth-order valence-electron chi connectivity index (χ4n) is 2.82. The van der Waals surface area contributed by atoms with Crippen LogP contribution >= 0.6 is 0 Å². The molecule has 0 bridgehead atoms. The first kappa shape index (κ1) is 18.9. The van der Waals surface area contributed by atoms with E-state index >= 15 is 0 Å². The standard InChI is InChI=1S/C21H18N4O3/c1-14-16(10-22)20(26)25(13-15-6-5-9-23-11-15)21(27)17(14)12-24-18-7-3-4-8-19(18)28-2/h3-9,11-12,27H,13H2,1-2H3. The lowest BCUT2D eigenvalue weighted by atomic mass is 10.1. The predicted octanol–water partition coefficient (Wildman–Crippen LogP) is 2.94. The molecule has 0 atom stereocenters. The lowest BCUT2D eigenvalue weighted by Crippen LogP contribution is -2.26. The van der Waals surface area contributed by atoms with Gasteiger partial charge in [0.1, 0.15) is 23.1 Å². The van der Waals surface area contributed by atoms with Crippen LogP contribution in [0.3, 0.4) is 0 Å². The van der Waals surface area contributed by atoms with Gasteiger partial charge in [0.05, 0.1) is 19.2 Å². The molecule has 1 N–H and O–H groups in total. The van der Waals surface area contributed by atoms with Crippen LogP contribution in [0, 0.1) is 18.3 Å². The first-order chi connectivity index (χ1) is 13.6. The lowest BCUT2D eigenvalue weighted by molar-refractivity contribution is 0.412. The molecule has 0 radical (unpaired) electrons. The zero-order valence-corrected chi connectivity index (χ0v) is 15.5. The van der Waals surface area contributed by atoms with Crippen molar-refractivity contribution < 1.29 is 9.84 Å². The van der Waals surface area contributed by atoms with Crippen molar-refractivity contribution in [3.05, 3.63) is 81.4 Å². The number of hydrogen-bond acceptors (Lipinski definition) is 6. The van der Waals surface area contributed by atoms with E-state index in [1.54, 1.807) is 50.7 Å². The van der Waals surface area contributed by atoms with Crippen LogP contribution < -0.4 is 10.3 Å². The molecule has 0 unspecified atom stereocenters. The van der Waals surface area contributed by atoms with E-state index in [9.17, 15) is 15.2 Å². The summed E-state index contributed by atoms with van der Waals surface area (Å²) < 4.78 is 6.42. The van der Waals surface area contributed by atoms with Gasteiger partial charge < -0.3 is 9.84 Å². The third-order valence-corrected chi connectivity index (χ3v) is 4.33. The monoisotopic (exact) mass is 374 g/mol. The van der Waals surface area contributed by atoms with Crippen molar-refractivity contribution in [1.29, 1.82) is 5.26 Å². The van der Waals surface area contributed by atoms with Gasteiger partial charge in [-0.2, -0.15) is 5.26 Å². The summed E-state index contributed by atoms with van der Waals surface area (Å²) in [7, 11) is 1.54. The van der Waals surface area contributed by atoms with Crippen LogP contribution in [0.4, 0.5) is 5.69 Å². The van der Waals surface area contributed by atoms with Gasteiger partial charge in [-0.05, 0) is 36.2 Å². The number of pyridine rings is 2. The van der Waals surface area contributed by atoms with Gasteiger partial charge in [-0.15, -0.1) is 0 Å². The van der Waals surface area contributed by atoms with Gasteiger partial charge in [-0.3, -0.25) is 19.3 Å². The van der Waals surface area contributed by atoms with Crippen molar-refractivity contribution in [1.82, 2.24) is 9.55 Å². The average Bonchev–Trinajstić information content (AvgIpc) is 2.72.